The second-order valence-corrected chi connectivity index (χ2v) is 5.36. The van der Waals surface area contributed by atoms with E-state index in [1.807, 2.05) is 45.0 Å². The van der Waals surface area contributed by atoms with Gasteiger partial charge in [0.15, 0.2) is 0 Å². The smallest absolute Gasteiger partial charge is 0.237 e. The van der Waals surface area contributed by atoms with Gasteiger partial charge in [-0.05, 0) is 25.0 Å². The molecule has 1 aromatic heterocycles. The fourth-order valence-corrected chi connectivity index (χ4v) is 2.19. The minimum atomic E-state index is -0.448. The van der Waals surface area contributed by atoms with Crippen LogP contribution in [0, 0.1) is 12.8 Å². The number of carbonyl (C=O) groups excluding carboxylic acids is 1. The van der Waals surface area contributed by atoms with Gasteiger partial charge in [0.25, 0.3) is 0 Å². The van der Waals surface area contributed by atoms with Gasteiger partial charge in [0.1, 0.15) is 5.82 Å². The molecular formula is C15H22N4O. The Balaban J connectivity index is 2.00. The average molecular weight is 274 g/mol. The van der Waals surface area contributed by atoms with E-state index >= 15 is 0 Å². The molecule has 0 unspecified atom stereocenters. The van der Waals surface area contributed by atoms with Gasteiger partial charge in [-0.25, -0.2) is 4.98 Å². The van der Waals surface area contributed by atoms with Crippen molar-refractivity contribution in [2.24, 2.45) is 11.7 Å². The van der Waals surface area contributed by atoms with E-state index in [2.05, 4.69) is 14.9 Å². The van der Waals surface area contributed by atoms with Crippen LogP contribution in [0.3, 0.4) is 0 Å². The lowest BCUT2D eigenvalue weighted by Gasteiger charge is -2.15. The zero-order valence-corrected chi connectivity index (χ0v) is 12.3. The lowest BCUT2D eigenvalue weighted by atomic mass is 10.1. The summed E-state index contributed by atoms with van der Waals surface area (Å²) in [6, 6.07) is 7.55. The van der Waals surface area contributed by atoms with Crippen molar-refractivity contribution < 1.29 is 4.79 Å². The van der Waals surface area contributed by atoms with Crippen molar-refractivity contribution in [3.05, 3.63) is 30.1 Å². The molecule has 0 aliphatic carbocycles. The number of hydrogen-bond donors (Lipinski definition) is 2. The summed E-state index contributed by atoms with van der Waals surface area (Å²) in [5, 5.41) is 2.88. The highest BCUT2D eigenvalue weighted by molar-refractivity contribution is 5.81. The minimum absolute atomic E-state index is 0.0953. The summed E-state index contributed by atoms with van der Waals surface area (Å²) in [4.78, 5) is 16.3. The van der Waals surface area contributed by atoms with Crippen LogP contribution in [0.4, 0.5) is 0 Å². The second-order valence-electron chi connectivity index (χ2n) is 5.36. The van der Waals surface area contributed by atoms with Gasteiger partial charge < -0.3 is 15.6 Å². The van der Waals surface area contributed by atoms with Gasteiger partial charge in [-0.1, -0.05) is 26.0 Å². The number of nitrogens with zero attached hydrogens (tertiary/aromatic N) is 2. The van der Waals surface area contributed by atoms with Crippen LogP contribution in [-0.4, -0.2) is 28.0 Å². The number of carbonyl (C=O) groups is 1. The SMILES string of the molecule is Cc1nc2ccccc2n1CCNC(=O)[C@@H](N)C(C)C. The monoisotopic (exact) mass is 274 g/mol. The van der Waals surface area contributed by atoms with Crippen molar-refractivity contribution in [1.82, 2.24) is 14.9 Å². The molecule has 0 radical (unpaired) electrons. The Hall–Kier alpha value is -1.88. The molecule has 0 aliphatic rings. The first-order valence-corrected chi connectivity index (χ1v) is 6.96. The van der Waals surface area contributed by atoms with Crippen molar-refractivity contribution in [3.8, 4) is 0 Å². The Kier molecular flexibility index (Phi) is 4.39. The van der Waals surface area contributed by atoms with E-state index in [1.54, 1.807) is 0 Å². The lowest BCUT2D eigenvalue weighted by molar-refractivity contribution is -0.123. The summed E-state index contributed by atoms with van der Waals surface area (Å²) in [6.07, 6.45) is 0. The van der Waals surface area contributed by atoms with Crippen LogP contribution in [-0.2, 0) is 11.3 Å². The van der Waals surface area contributed by atoms with Crippen molar-refractivity contribution in [3.63, 3.8) is 0 Å². The first-order chi connectivity index (χ1) is 9.50. The molecule has 0 saturated carbocycles. The largest absolute Gasteiger partial charge is 0.353 e. The fourth-order valence-electron chi connectivity index (χ4n) is 2.19. The van der Waals surface area contributed by atoms with E-state index in [0.717, 1.165) is 16.9 Å². The fraction of sp³-hybridized carbons (Fsp3) is 0.467. The van der Waals surface area contributed by atoms with Crippen LogP contribution in [0.15, 0.2) is 24.3 Å². The molecule has 0 saturated heterocycles. The maximum Gasteiger partial charge on any atom is 0.237 e. The Morgan fingerprint density at radius 3 is 2.80 bits per heavy atom. The van der Waals surface area contributed by atoms with E-state index in [0.29, 0.717) is 13.1 Å². The topological polar surface area (TPSA) is 72.9 Å². The van der Waals surface area contributed by atoms with Crippen LogP contribution < -0.4 is 11.1 Å². The van der Waals surface area contributed by atoms with Gasteiger partial charge in [0, 0.05) is 13.1 Å². The zero-order valence-electron chi connectivity index (χ0n) is 12.3. The first kappa shape index (κ1) is 14.5. The standard InChI is InChI=1S/C15H22N4O/c1-10(2)14(16)15(20)17-8-9-19-11(3)18-12-6-4-5-7-13(12)19/h4-7,10,14H,8-9,16H2,1-3H3,(H,17,20)/t14-/m0/s1. The Morgan fingerprint density at radius 2 is 2.10 bits per heavy atom. The van der Waals surface area contributed by atoms with Gasteiger partial charge >= 0.3 is 0 Å². The molecule has 0 fully saturated rings. The highest BCUT2D eigenvalue weighted by atomic mass is 16.2. The Bertz CT molecular complexity index is 603. The van der Waals surface area contributed by atoms with Crippen LogP contribution >= 0.6 is 0 Å². The third-order valence-electron chi connectivity index (χ3n) is 3.50. The number of imidazole rings is 1. The van der Waals surface area contributed by atoms with Gasteiger partial charge in [0.2, 0.25) is 5.91 Å². The number of rotatable bonds is 5. The van der Waals surface area contributed by atoms with Crippen molar-refractivity contribution in [2.45, 2.75) is 33.4 Å². The van der Waals surface area contributed by atoms with Crippen LogP contribution in [0.5, 0.6) is 0 Å². The summed E-state index contributed by atoms with van der Waals surface area (Å²) in [7, 11) is 0. The maximum atomic E-state index is 11.8. The average Bonchev–Trinajstić information content (AvgIpc) is 2.74. The normalized spacial score (nSPS) is 12.8. The highest BCUT2D eigenvalue weighted by Crippen LogP contribution is 2.14. The van der Waals surface area contributed by atoms with Gasteiger partial charge in [-0.2, -0.15) is 0 Å². The van der Waals surface area contributed by atoms with E-state index in [1.165, 1.54) is 0 Å². The third-order valence-corrected chi connectivity index (χ3v) is 3.50. The minimum Gasteiger partial charge on any atom is -0.353 e. The molecule has 0 spiro atoms. The summed E-state index contributed by atoms with van der Waals surface area (Å²) in [5.41, 5.74) is 7.88. The van der Waals surface area contributed by atoms with E-state index in [4.69, 9.17) is 5.73 Å². The molecule has 1 aromatic carbocycles. The molecule has 0 aliphatic heterocycles. The van der Waals surface area contributed by atoms with Gasteiger partial charge in [-0.15, -0.1) is 0 Å². The zero-order chi connectivity index (χ0) is 14.7. The molecule has 1 atom stereocenters. The second kappa shape index (κ2) is 6.05. The van der Waals surface area contributed by atoms with Crippen LogP contribution in [0.2, 0.25) is 0 Å². The van der Waals surface area contributed by atoms with E-state index in [-0.39, 0.29) is 11.8 Å². The number of aromatic nitrogens is 2. The van der Waals surface area contributed by atoms with Gasteiger partial charge in [-0.3, -0.25) is 4.79 Å². The molecule has 2 rings (SSSR count). The van der Waals surface area contributed by atoms with Crippen molar-refractivity contribution in [2.75, 3.05) is 6.54 Å². The molecule has 2 aromatic rings. The molecule has 5 nitrogen and oxygen atoms in total. The first-order valence-electron chi connectivity index (χ1n) is 6.96. The van der Waals surface area contributed by atoms with Crippen LogP contribution in [0.1, 0.15) is 19.7 Å². The predicted molar refractivity (Wildman–Crippen MR) is 80.3 cm³/mol. The molecule has 3 N–H and O–H groups in total. The number of fused-ring (bicyclic) bond motifs is 1. The number of amides is 1. The summed E-state index contributed by atoms with van der Waals surface area (Å²) in [5.74, 6) is 1.00. The maximum absolute atomic E-state index is 11.8. The Labute approximate surface area is 119 Å². The van der Waals surface area contributed by atoms with E-state index < -0.39 is 6.04 Å². The number of hydrogen-bond acceptors (Lipinski definition) is 3. The predicted octanol–water partition coefficient (Wildman–Crippen LogP) is 1.44. The highest BCUT2D eigenvalue weighted by Gasteiger charge is 2.16. The summed E-state index contributed by atoms with van der Waals surface area (Å²) >= 11 is 0. The summed E-state index contributed by atoms with van der Waals surface area (Å²) in [6.45, 7) is 7.11. The number of nitrogens with one attached hydrogen (secondary N) is 1. The lowest BCUT2D eigenvalue weighted by Crippen LogP contribution is -2.44. The molecule has 1 amide bonds. The molecule has 0 bridgehead atoms. The number of aryl methyl sites for hydroxylation is 1. The molecule has 1 heterocycles. The molecular weight excluding hydrogens is 252 g/mol. The number of para-hydroxylation sites is 2. The number of nitrogens with two attached hydrogens (primary N) is 1. The van der Waals surface area contributed by atoms with Crippen molar-refractivity contribution >= 4 is 16.9 Å². The van der Waals surface area contributed by atoms with Gasteiger partial charge in [0.05, 0.1) is 17.1 Å². The quantitative estimate of drug-likeness (QED) is 0.866. The van der Waals surface area contributed by atoms with Crippen molar-refractivity contribution in [1.29, 1.82) is 0 Å². The molecule has 20 heavy (non-hydrogen) atoms. The molecule has 5 heteroatoms. The molecule has 108 valence electrons. The summed E-state index contributed by atoms with van der Waals surface area (Å²) < 4.78 is 2.11. The number of benzene rings is 1. The van der Waals surface area contributed by atoms with E-state index in [9.17, 15) is 4.79 Å². The Morgan fingerprint density at radius 1 is 1.40 bits per heavy atom. The third kappa shape index (κ3) is 2.99. The van der Waals surface area contributed by atoms with Crippen LogP contribution in [0.25, 0.3) is 11.0 Å².